The molecule has 0 radical (unpaired) electrons. The largest absolute Gasteiger partial charge is 0.322 e. The van der Waals surface area contributed by atoms with Gasteiger partial charge < -0.3 is 5.32 Å². The second-order valence-electron chi connectivity index (χ2n) is 5.70. The summed E-state index contributed by atoms with van der Waals surface area (Å²) in [5.74, 6) is -0.474. The van der Waals surface area contributed by atoms with Crippen molar-refractivity contribution in [1.82, 2.24) is 4.98 Å². The molecule has 8 heteroatoms. The third-order valence-corrected chi connectivity index (χ3v) is 5.88. The molecule has 2 aromatic carbocycles. The van der Waals surface area contributed by atoms with Gasteiger partial charge in [0, 0.05) is 22.9 Å². The van der Waals surface area contributed by atoms with Gasteiger partial charge in [-0.15, -0.1) is 11.3 Å². The summed E-state index contributed by atoms with van der Waals surface area (Å²) in [6.45, 7) is 1.94. The summed E-state index contributed by atoms with van der Waals surface area (Å²) >= 11 is 7.62. The summed E-state index contributed by atoms with van der Waals surface area (Å²) in [5.41, 5.74) is 2.51. The van der Waals surface area contributed by atoms with E-state index in [0.717, 1.165) is 22.5 Å². The van der Waals surface area contributed by atoms with E-state index in [1.807, 2.05) is 24.4 Å². The fourth-order valence-corrected chi connectivity index (χ4v) is 3.80. The molecule has 1 aromatic heterocycles. The summed E-state index contributed by atoms with van der Waals surface area (Å²) < 4.78 is 23.3. The average molecular weight is 407 g/mol. The number of aromatic nitrogens is 1. The van der Waals surface area contributed by atoms with Crippen molar-refractivity contribution in [2.75, 3.05) is 11.6 Å². The van der Waals surface area contributed by atoms with Gasteiger partial charge in [0.2, 0.25) is 0 Å². The molecule has 0 unspecified atom stereocenters. The number of benzene rings is 2. The zero-order valence-electron chi connectivity index (χ0n) is 14.0. The maximum absolute atomic E-state index is 12.5. The predicted molar refractivity (Wildman–Crippen MR) is 105 cm³/mol. The van der Waals surface area contributed by atoms with Crippen LogP contribution in [0.1, 0.15) is 15.4 Å². The zero-order chi connectivity index (χ0) is 18.9. The molecule has 134 valence electrons. The lowest BCUT2D eigenvalue weighted by Gasteiger charge is -2.09. The van der Waals surface area contributed by atoms with Gasteiger partial charge in [0.15, 0.2) is 9.84 Å². The van der Waals surface area contributed by atoms with Crippen molar-refractivity contribution in [2.24, 2.45) is 0 Å². The Bertz CT molecular complexity index is 1070. The Morgan fingerprint density at radius 2 is 1.85 bits per heavy atom. The SMILES string of the molecule is Cc1nc(-c2ccc(NC(=O)c3cc(S(C)(=O)=O)ccc3Cl)cc2)cs1. The number of nitrogens with one attached hydrogen (secondary N) is 1. The monoisotopic (exact) mass is 406 g/mol. The van der Waals surface area contributed by atoms with Crippen LogP contribution in [0.5, 0.6) is 0 Å². The van der Waals surface area contributed by atoms with Crippen LogP contribution in [0.15, 0.2) is 52.7 Å². The first-order valence-corrected chi connectivity index (χ1v) is 10.7. The van der Waals surface area contributed by atoms with Gasteiger partial charge in [-0.25, -0.2) is 13.4 Å². The van der Waals surface area contributed by atoms with Crippen LogP contribution in [0.4, 0.5) is 5.69 Å². The van der Waals surface area contributed by atoms with Crippen LogP contribution in [-0.2, 0) is 9.84 Å². The van der Waals surface area contributed by atoms with Crippen molar-refractivity contribution in [2.45, 2.75) is 11.8 Å². The number of carbonyl (C=O) groups is 1. The maximum atomic E-state index is 12.5. The first-order valence-electron chi connectivity index (χ1n) is 7.57. The Morgan fingerprint density at radius 1 is 1.15 bits per heavy atom. The average Bonchev–Trinajstić information content (AvgIpc) is 3.01. The van der Waals surface area contributed by atoms with Crippen LogP contribution >= 0.6 is 22.9 Å². The number of sulfone groups is 1. The minimum Gasteiger partial charge on any atom is -0.322 e. The topological polar surface area (TPSA) is 76.1 Å². The quantitative estimate of drug-likeness (QED) is 0.695. The summed E-state index contributed by atoms with van der Waals surface area (Å²) in [6, 6.07) is 11.3. The first-order chi connectivity index (χ1) is 12.2. The third kappa shape index (κ3) is 4.12. The van der Waals surface area contributed by atoms with Gasteiger partial charge in [-0.05, 0) is 37.3 Å². The van der Waals surface area contributed by atoms with E-state index in [1.165, 1.54) is 18.2 Å². The Kier molecular flexibility index (Phi) is 5.13. The Balaban J connectivity index is 1.82. The highest BCUT2D eigenvalue weighted by atomic mass is 35.5. The number of halogens is 1. The highest BCUT2D eigenvalue weighted by Gasteiger charge is 2.16. The molecular formula is C18H15ClN2O3S2. The van der Waals surface area contributed by atoms with Gasteiger partial charge in [-0.3, -0.25) is 4.79 Å². The van der Waals surface area contributed by atoms with Gasteiger partial charge >= 0.3 is 0 Å². The number of hydrogen-bond acceptors (Lipinski definition) is 5. The van der Waals surface area contributed by atoms with Crippen LogP contribution in [0.3, 0.4) is 0 Å². The minimum atomic E-state index is -3.43. The number of thiazole rings is 1. The van der Waals surface area contributed by atoms with E-state index in [1.54, 1.807) is 23.5 Å². The van der Waals surface area contributed by atoms with Crippen molar-refractivity contribution in [3.8, 4) is 11.3 Å². The molecule has 0 aliphatic rings. The normalized spacial score (nSPS) is 11.3. The van der Waals surface area contributed by atoms with Crippen molar-refractivity contribution in [3.05, 3.63) is 63.4 Å². The molecule has 0 aliphatic carbocycles. The predicted octanol–water partition coefficient (Wildman–Crippen LogP) is 4.43. The van der Waals surface area contributed by atoms with E-state index < -0.39 is 15.7 Å². The lowest BCUT2D eigenvalue weighted by molar-refractivity contribution is 0.102. The van der Waals surface area contributed by atoms with E-state index in [-0.39, 0.29) is 15.5 Å². The smallest absolute Gasteiger partial charge is 0.257 e. The fraction of sp³-hybridized carbons (Fsp3) is 0.111. The number of hydrogen-bond donors (Lipinski definition) is 1. The Hall–Kier alpha value is -2.22. The number of rotatable bonds is 4. The van der Waals surface area contributed by atoms with Crippen LogP contribution < -0.4 is 5.32 Å². The molecule has 0 atom stereocenters. The van der Waals surface area contributed by atoms with E-state index in [4.69, 9.17) is 11.6 Å². The van der Waals surface area contributed by atoms with E-state index in [0.29, 0.717) is 5.69 Å². The number of amides is 1. The minimum absolute atomic E-state index is 0.0429. The lowest BCUT2D eigenvalue weighted by Crippen LogP contribution is -2.13. The van der Waals surface area contributed by atoms with Crippen LogP contribution in [0, 0.1) is 6.92 Å². The number of anilines is 1. The molecule has 1 heterocycles. The fourth-order valence-electron chi connectivity index (χ4n) is 2.33. The summed E-state index contributed by atoms with van der Waals surface area (Å²) in [6.07, 6.45) is 1.08. The summed E-state index contributed by atoms with van der Waals surface area (Å²) in [7, 11) is -3.43. The third-order valence-electron chi connectivity index (χ3n) is 3.67. The molecular weight excluding hydrogens is 392 g/mol. The molecule has 0 saturated heterocycles. The van der Waals surface area contributed by atoms with Crippen molar-refractivity contribution >= 4 is 44.4 Å². The van der Waals surface area contributed by atoms with Gasteiger partial charge in [0.05, 0.1) is 26.2 Å². The van der Waals surface area contributed by atoms with Crippen molar-refractivity contribution in [3.63, 3.8) is 0 Å². The standard InChI is InChI=1S/C18H15ClN2O3S2/c1-11-20-17(10-25-11)12-3-5-13(6-4-12)21-18(22)15-9-14(26(2,23)24)7-8-16(15)19/h3-10H,1-2H3,(H,21,22). The highest BCUT2D eigenvalue weighted by Crippen LogP contribution is 2.25. The number of aryl methyl sites for hydroxylation is 1. The molecule has 1 N–H and O–H groups in total. The van der Waals surface area contributed by atoms with E-state index >= 15 is 0 Å². The van der Waals surface area contributed by atoms with Crippen LogP contribution in [0.25, 0.3) is 11.3 Å². The van der Waals surface area contributed by atoms with Gasteiger partial charge in [0.1, 0.15) is 0 Å². The van der Waals surface area contributed by atoms with Gasteiger partial charge in [-0.2, -0.15) is 0 Å². The van der Waals surface area contributed by atoms with E-state index in [2.05, 4.69) is 10.3 Å². The molecule has 0 bridgehead atoms. The lowest BCUT2D eigenvalue weighted by atomic mass is 10.1. The van der Waals surface area contributed by atoms with Crippen molar-refractivity contribution < 1.29 is 13.2 Å². The molecule has 0 fully saturated rings. The number of carbonyl (C=O) groups excluding carboxylic acids is 1. The molecule has 0 aliphatic heterocycles. The molecule has 3 aromatic rings. The molecule has 0 spiro atoms. The van der Waals surface area contributed by atoms with E-state index in [9.17, 15) is 13.2 Å². The zero-order valence-corrected chi connectivity index (χ0v) is 16.4. The molecule has 0 saturated carbocycles. The Morgan fingerprint density at radius 3 is 2.42 bits per heavy atom. The first kappa shape index (κ1) is 18.6. The second-order valence-corrected chi connectivity index (χ2v) is 9.18. The summed E-state index contributed by atoms with van der Waals surface area (Å²) in [4.78, 5) is 16.9. The van der Waals surface area contributed by atoms with Gasteiger partial charge in [-0.1, -0.05) is 23.7 Å². The van der Waals surface area contributed by atoms with Crippen LogP contribution in [0.2, 0.25) is 5.02 Å². The highest BCUT2D eigenvalue weighted by molar-refractivity contribution is 7.90. The second kappa shape index (κ2) is 7.19. The number of nitrogens with zero attached hydrogens (tertiary/aromatic N) is 1. The van der Waals surface area contributed by atoms with Crippen molar-refractivity contribution in [1.29, 1.82) is 0 Å². The molecule has 26 heavy (non-hydrogen) atoms. The molecule has 1 amide bonds. The Labute approximate surface area is 160 Å². The summed E-state index contributed by atoms with van der Waals surface area (Å²) in [5, 5.41) is 5.87. The maximum Gasteiger partial charge on any atom is 0.257 e. The van der Waals surface area contributed by atoms with Crippen LogP contribution in [-0.4, -0.2) is 25.6 Å². The molecule has 3 rings (SSSR count). The molecule has 5 nitrogen and oxygen atoms in total. The van der Waals surface area contributed by atoms with Gasteiger partial charge in [0.25, 0.3) is 5.91 Å².